The van der Waals surface area contributed by atoms with Crippen molar-refractivity contribution >= 4 is 35.6 Å². The second-order valence-corrected chi connectivity index (χ2v) is 5.21. The van der Waals surface area contributed by atoms with Gasteiger partial charge in [0.15, 0.2) is 5.96 Å². The number of benzene rings is 1. The van der Waals surface area contributed by atoms with Crippen molar-refractivity contribution in [1.29, 1.82) is 0 Å². The van der Waals surface area contributed by atoms with Gasteiger partial charge >= 0.3 is 0 Å². The summed E-state index contributed by atoms with van der Waals surface area (Å²) in [7, 11) is 0. The van der Waals surface area contributed by atoms with E-state index in [-0.39, 0.29) is 34.6 Å². The van der Waals surface area contributed by atoms with E-state index in [0.29, 0.717) is 18.2 Å². The zero-order valence-electron chi connectivity index (χ0n) is 12.7. The summed E-state index contributed by atoms with van der Waals surface area (Å²) >= 11 is 0. The SMILES string of the molecule is CCNC(=NCc1ccccc1[N+](=O)[O-])NC1CCCC1.I. The van der Waals surface area contributed by atoms with Crippen molar-refractivity contribution in [3.63, 3.8) is 0 Å². The molecule has 22 heavy (non-hydrogen) atoms. The maximum Gasteiger partial charge on any atom is 0.274 e. The van der Waals surface area contributed by atoms with Gasteiger partial charge in [-0.1, -0.05) is 31.0 Å². The summed E-state index contributed by atoms with van der Waals surface area (Å²) in [5.41, 5.74) is 0.754. The van der Waals surface area contributed by atoms with Crippen LogP contribution in [0.4, 0.5) is 5.69 Å². The van der Waals surface area contributed by atoms with Crippen molar-refractivity contribution in [1.82, 2.24) is 10.6 Å². The third kappa shape index (κ3) is 5.43. The van der Waals surface area contributed by atoms with Crippen LogP contribution in [-0.2, 0) is 6.54 Å². The number of guanidine groups is 1. The van der Waals surface area contributed by atoms with Crippen LogP contribution in [0.3, 0.4) is 0 Å². The van der Waals surface area contributed by atoms with Gasteiger partial charge in [-0.05, 0) is 19.8 Å². The van der Waals surface area contributed by atoms with Gasteiger partial charge in [0, 0.05) is 18.7 Å². The van der Waals surface area contributed by atoms with Crippen LogP contribution in [-0.4, -0.2) is 23.5 Å². The average Bonchev–Trinajstić information content (AvgIpc) is 2.98. The number of nitrogens with one attached hydrogen (secondary N) is 2. The van der Waals surface area contributed by atoms with E-state index in [1.165, 1.54) is 18.9 Å². The summed E-state index contributed by atoms with van der Waals surface area (Å²) in [4.78, 5) is 15.1. The van der Waals surface area contributed by atoms with Crippen molar-refractivity contribution in [3.05, 3.63) is 39.9 Å². The first-order chi connectivity index (χ1) is 10.2. The molecule has 0 aromatic heterocycles. The zero-order valence-corrected chi connectivity index (χ0v) is 15.1. The Morgan fingerprint density at radius 1 is 1.36 bits per heavy atom. The molecule has 0 atom stereocenters. The summed E-state index contributed by atoms with van der Waals surface area (Å²) in [6, 6.07) is 7.21. The fourth-order valence-electron chi connectivity index (χ4n) is 2.57. The van der Waals surface area contributed by atoms with Gasteiger partial charge in [0.2, 0.25) is 0 Å². The predicted molar refractivity (Wildman–Crippen MR) is 98.7 cm³/mol. The molecule has 0 aliphatic heterocycles. The van der Waals surface area contributed by atoms with Crippen LogP contribution in [0.5, 0.6) is 0 Å². The van der Waals surface area contributed by atoms with Gasteiger partial charge in [-0.3, -0.25) is 10.1 Å². The number of nitro groups is 1. The van der Waals surface area contributed by atoms with Crippen LogP contribution in [0.15, 0.2) is 29.3 Å². The van der Waals surface area contributed by atoms with Gasteiger partial charge in [0.25, 0.3) is 5.69 Å². The number of halogens is 1. The number of hydrogen-bond acceptors (Lipinski definition) is 3. The van der Waals surface area contributed by atoms with Gasteiger partial charge in [-0.2, -0.15) is 0 Å². The van der Waals surface area contributed by atoms with Crippen molar-refractivity contribution in [2.75, 3.05) is 6.54 Å². The maximum absolute atomic E-state index is 11.0. The molecule has 0 bridgehead atoms. The van der Waals surface area contributed by atoms with E-state index >= 15 is 0 Å². The van der Waals surface area contributed by atoms with E-state index in [2.05, 4.69) is 15.6 Å². The van der Waals surface area contributed by atoms with Crippen LogP contribution in [0.2, 0.25) is 0 Å². The lowest BCUT2D eigenvalue weighted by Crippen LogP contribution is -2.42. The van der Waals surface area contributed by atoms with Crippen molar-refractivity contribution in [3.8, 4) is 0 Å². The van der Waals surface area contributed by atoms with E-state index in [1.807, 2.05) is 6.92 Å². The van der Waals surface area contributed by atoms with Crippen LogP contribution in [0.25, 0.3) is 0 Å². The number of para-hydroxylation sites is 1. The van der Waals surface area contributed by atoms with Crippen LogP contribution < -0.4 is 10.6 Å². The molecule has 1 aliphatic rings. The summed E-state index contributed by atoms with van der Waals surface area (Å²) < 4.78 is 0. The second-order valence-electron chi connectivity index (χ2n) is 5.21. The van der Waals surface area contributed by atoms with E-state index in [4.69, 9.17) is 0 Å². The standard InChI is InChI=1S/C15H22N4O2.HI/c1-2-16-15(18-13-8-4-5-9-13)17-11-12-7-3-6-10-14(12)19(20)21;/h3,6-7,10,13H,2,4-5,8-9,11H2,1H3,(H2,16,17,18);1H. The van der Waals surface area contributed by atoms with Gasteiger partial charge in [-0.25, -0.2) is 4.99 Å². The monoisotopic (exact) mass is 418 g/mol. The Morgan fingerprint density at radius 2 is 2.05 bits per heavy atom. The van der Waals surface area contributed by atoms with Gasteiger partial charge in [0.1, 0.15) is 0 Å². The molecule has 0 heterocycles. The smallest absolute Gasteiger partial charge is 0.274 e. The molecule has 1 aromatic rings. The fraction of sp³-hybridized carbons (Fsp3) is 0.533. The predicted octanol–water partition coefficient (Wildman–Crippen LogP) is 3.21. The Labute approximate surface area is 148 Å². The molecule has 2 rings (SSSR count). The molecule has 1 fully saturated rings. The third-order valence-electron chi connectivity index (χ3n) is 3.64. The van der Waals surface area contributed by atoms with Crippen LogP contribution in [0.1, 0.15) is 38.2 Å². The first-order valence-corrected chi connectivity index (χ1v) is 7.48. The van der Waals surface area contributed by atoms with Crippen molar-refractivity contribution in [2.45, 2.75) is 45.2 Å². The van der Waals surface area contributed by atoms with E-state index in [9.17, 15) is 10.1 Å². The van der Waals surface area contributed by atoms with Crippen molar-refractivity contribution in [2.24, 2.45) is 4.99 Å². The van der Waals surface area contributed by atoms with Crippen LogP contribution >= 0.6 is 24.0 Å². The minimum absolute atomic E-state index is 0. The Kier molecular flexibility index (Phi) is 8.15. The lowest BCUT2D eigenvalue weighted by molar-refractivity contribution is -0.385. The highest BCUT2D eigenvalue weighted by Gasteiger charge is 2.16. The molecule has 0 spiro atoms. The topological polar surface area (TPSA) is 79.6 Å². The van der Waals surface area contributed by atoms with Gasteiger partial charge in [-0.15, -0.1) is 24.0 Å². The molecule has 6 nitrogen and oxygen atoms in total. The molecule has 0 amide bonds. The summed E-state index contributed by atoms with van der Waals surface area (Å²) in [5, 5.41) is 17.6. The maximum atomic E-state index is 11.0. The third-order valence-corrected chi connectivity index (χ3v) is 3.64. The zero-order chi connectivity index (χ0) is 15.1. The molecule has 0 saturated heterocycles. The fourth-order valence-corrected chi connectivity index (χ4v) is 2.57. The molecular weight excluding hydrogens is 395 g/mol. The highest BCUT2D eigenvalue weighted by molar-refractivity contribution is 14.0. The van der Waals surface area contributed by atoms with Crippen molar-refractivity contribution < 1.29 is 4.92 Å². The van der Waals surface area contributed by atoms with Gasteiger partial charge < -0.3 is 10.6 Å². The number of rotatable bonds is 5. The minimum Gasteiger partial charge on any atom is -0.357 e. The number of nitrogens with zero attached hydrogens (tertiary/aromatic N) is 2. The molecule has 2 N–H and O–H groups in total. The Bertz CT molecular complexity index is 516. The molecule has 7 heteroatoms. The second kappa shape index (κ2) is 9.60. The van der Waals surface area contributed by atoms with E-state index in [0.717, 1.165) is 25.3 Å². The lowest BCUT2D eigenvalue weighted by Gasteiger charge is -2.16. The summed E-state index contributed by atoms with van der Waals surface area (Å²) in [5.74, 6) is 0.738. The van der Waals surface area contributed by atoms with E-state index in [1.54, 1.807) is 18.2 Å². The molecular formula is C15H23IN4O2. The van der Waals surface area contributed by atoms with Gasteiger partial charge in [0.05, 0.1) is 17.0 Å². The Balaban J connectivity index is 0.00000242. The summed E-state index contributed by atoms with van der Waals surface area (Å²) in [6.07, 6.45) is 4.83. The van der Waals surface area contributed by atoms with E-state index < -0.39 is 0 Å². The number of aliphatic imine (C=N–C) groups is 1. The largest absolute Gasteiger partial charge is 0.357 e. The summed E-state index contributed by atoms with van der Waals surface area (Å²) in [6.45, 7) is 3.09. The molecule has 1 aliphatic carbocycles. The highest BCUT2D eigenvalue weighted by Crippen LogP contribution is 2.19. The average molecular weight is 418 g/mol. The molecule has 1 saturated carbocycles. The normalized spacial score (nSPS) is 15.2. The van der Waals surface area contributed by atoms with Crippen LogP contribution in [0, 0.1) is 10.1 Å². The quantitative estimate of drug-likeness (QED) is 0.253. The lowest BCUT2D eigenvalue weighted by atomic mass is 10.2. The molecule has 1 aromatic carbocycles. The Morgan fingerprint density at radius 3 is 2.68 bits per heavy atom. The highest BCUT2D eigenvalue weighted by atomic mass is 127. The molecule has 0 radical (unpaired) electrons. The first-order valence-electron chi connectivity index (χ1n) is 7.48. The molecule has 122 valence electrons. The first kappa shape index (κ1) is 18.7. The number of nitro benzene ring substituents is 1. The number of hydrogen-bond donors (Lipinski definition) is 2. The minimum atomic E-state index is -0.359. The molecule has 0 unspecified atom stereocenters. The Hall–Kier alpha value is -1.38.